The second-order valence-corrected chi connectivity index (χ2v) is 5.38. The summed E-state index contributed by atoms with van der Waals surface area (Å²) in [6, 6.07) is 8.69. The smallest absolute Gasteiger partial charge is 0.189 e. The van der Waals surface area contributed by atoms with Gasteiger partial charge in [0.05, 0.1) is 13.2 Å². The highest BCUT2D eigenvalue weighted by molar-refractivity contribution is 5.78. The van der Waals surface area contributed by atoms with Crippen molar-refractivity contribution in [2.24, 2.45) is 10.7 Å². The number of rotatable bonds is 5. The Bertz CT molecular complexity index is 439. The minimum atomic E-state index is 0.502. The number of nitrogens with two attached hydrogens (primary N) is 1. The summed E-state index contributed by atoms with van der Waals surface area (Å²) in [5.41, 5.74) is 8.32. The molecule has 20 heavy (non-hydrogen) atoms. The highest BCUT2D eigenvalue weighted by atomic mass is 16.5. The molecule has 0 atom stereocenters. The number of methoxy groups -OCH3 is 1. The molecule has 0 unspecified atom stereocenters. The molecule has 0 saturated heterocycles. The van der Waals surface area contributed by atoms with Gasteiger partial charge in [-0.2, -0.15) is 0 Å². The van der Waals surface area contributed by atoms with Gasteiger partial charge >= 0.3 is 0 Å². The van der Waals surface area contributed by atoms with E-state index in [0.717, 1.165) is 0 Å². The van der Waals surface area contributed by atoms with E-state index in [9.17, 15) is 0 Å². The minimum Gasteiger partial charge on any atom is -0.380 e. The number of nitrogens with zero attached hydrogens (tertiary/aromatic N) is 1. The van der Waals surface area contributed by atoms with Crippen LogP contribution in [0.1, 0.15) is 43.2 Å². The van der Waals surface area contributed by atoms with Crippen LogP contribution in [-0.4, -0.2) is 19.1 Å². The maximum atomic E-state index is 5.98. The standard InChI is InChI=1S/C16H25N3O/c1-20-12-14-8-6-5-7-13(14)11-18-16(17)19-15-9-3-2-4-10-15/h5-8,15H,2-4,9-12H2,1H3,(H3,17,18,19). The first-order valence-electron chi connectivity index (χ1n) is 7.42. The lowest BCUT2D eigenvalue weighted by Gasteiger charge is -2.23. The summed E-state index contributed by atoms with van der Waals surface area (Å²) in [7, 11) is 1.71. The molecule has 0 aliphatic heterocycles. The van der Waals surface area contributed by atoms with E-state index in [1.165, 1.54) is 43.2 Å². The maximum absolute atomic E-state index is 5.98. The van der Waals surface area contributed by atoms with E-state index < -0.39 is 0 Å². The number of nitrogens with one attached hydrogen (secondary N) is 1. The summed E-state index contributed by atoms with van der Waals surface area (Å²) in [6.07, 6.45) is 6.34. The predicted molar refractivity (Wildman–Crippen MR) is 82.5 cm³/mol. The first kappa shape index (κ1) is 14.9. The van der Waals surface area contributed by atoms with Gasteiger partial charge in [-0.3, -0.25) is 0 Å². The molecule has 0 radical (unpaired) electrons. The molecule has 1 aromatic rings. The van der Waals surface area contributed by atoms with Crippen LogP contribution in [0.2, 0.25) is 0 Å². The number of hydrogen-bond donors (Lipinski definition) is 2. The predicted octanol–water partition coefficient (Wildman–Crippen LogP) is 2.57. The van der Waals surface area contributed by atoms with E-state index in [-0.39, 0.29) is 0 Å². The van der Waals surface area contributed by atoms with Gasteiger partial charge in [-0.1, -0.05) is 43.5 Å². The van der Waals surface area contributed by atoms with E-state index in [1.54, 1.807) is 7.11 Å². The largest absolute Gasteiger partial charge is 0.380 e. The molecule has 4 heteroatoms. The molecular formula is C16H25N3O. The lowest BCUT2D eigenvalue weighted by atomic mass is 9.96. The lowest BCUT2D eigenvalue weighted by molar-refractivity contribution is 0.184. The van der Waals surface area contributed by atoms with E-state index in [2.05, 4.69) is 22.4 Å². The van der Waals surface area contributed by atoms with Gasteiger partial charge in [0.2, 0.25) is 0 Å². The van der Waals surface area contributed by atoms with Gasteiger partial charge in [-0.25, -0.2) is 4.99 Å². The Hall–Kier alpha value is -1.55. The third kappa shape index (κ3) is 4.53. The van der Waals surface area contributed by atoms with Crippen molar-refractivity contribution in [3.63, 3.8) is 0 Å². The molecule has 1 aliphatic carbocycles. The van der Waals surface area contributed by atoms with Gasteiger partial charge in [0.25, 0.3) is 0 Å². The zero-order chi connectivity index (χ0) is 14.2. The van der Waals surface area contributed by atoms with E-state index in [1.807, 2.05) is 12.1 Å². The van der Waals surface area contributed by atoms with Crippen LogP contribution in [0.15, 0.2) is 29.3 Å². The van der Waals surface area contributed by atoms with Gasteiger partial charge < -0.3 is 15.8 Å². The van der Waals surface area contributed by atoms with Crippen LogP contribution in [0.25, 0.3) is 0 Å². The first-order valence-corrected chi connectivity index (χ1v) is 7.42. The number of guanidine groups is 1. The highest BCUT2D eigenvalue weighted by Crippen LogP contribution is 2.17. The van der Waals surface area contributed by atoms with Gasteiger partial charge in [0.1, 0.15) is 0 Å². The van der Waals surface area contributed by atoms with Crippen molar-refractivity contribution in [1.29, 1.82) is 0 Å². The fourth-order valence-electron chi connectivity index (χ4n) is 2.68. The molecule has 0 heterocycles. The monoisotopic (exact) mass is 275 g/mol. The maximum Gasteiger partial charge on any atom is 0.189 e. The van der Waals surface area contributed by atoms with Gasteiger partial charge in [0, 0.05) is 13.2 Å². The average molecular weight is 275 g/mol. The fourth-order valence-corrected chi connectivity index (χ4v) is 2.68. The van der Waals surface area contributed by atoms with Gasteiger partial charge in [-0.05, 0) is 24.0 Å². The molecular weight excluding hydrogens is 250 g/mol. The molecule has 3 N–H and O–H groups in total. The second kappa shape index (κ2) is 7.90. The topological polar surface area (TPSA) is 59.6 Å². The van der Waals surface area contributed by atoms with Crippen molar-refractivity contribution >= 4 is 5.96 Å². The molecule has 0 amide bonds. The van der Waals surface area contributed by atoms with E-state index >= 15 is 0 Å². The molecule has 1 aliphatic rings. The Morgan fingerprint density at radius 1 is 1.25 bits per heavy atom. The summed E-state index contributed by atoms with van der Waals surface area (Å²) in [5.74, 6) is 0.559. The third-order valence-corrected chi connectivity index (χ3v) is 3.80. The minimum absolute atomic E-state index is 0.502. The highest BCUT2D eigenvalue weighted by Gasteiger charge is 2.13. The van der Waals surface area contributed by atoms with Crippen LogP contribution in [0.4, 0.5) is 0 Å². The van der Waals surface area contributed by atoms with E-state index in [4.69, 9.17) is 10.5 Å². The van der Waals surface area contributed by atoms with Crippen molar-refractivity contribution < 1.29 is 4.74 Å². The van der Waals surface area contributed by atoms with Gasteiger partial charge in [0.15, 0.2) is 5.96 Å². The number of hydrogen-bond acceptors (Lipinski definition) is 2. The van der Waals surface area contributed by atoms with Crippen LogP contribution >= 0.6 is 0 Å². The molecule has 1 saturated carbocycles. The Morgan fingerprint density at radius 2 is 1.95 bits per heavy atom. The van der Waals surface area contributed by atoms with Gasteiger partial charge in [-0.15, -0.1) is 0 Å². The van der Waals surface area contributed by atoms with Crippen LogP contribution in [-0.2, 0) is 17.9 Å². The second-order valence-electron chi connectivity index (χ2n) is 5.38. The van der Waals surface area contributed by atoms with Crippen molar-refractivity contribution in [1.82, 2.24) is 5.32 Å². The van der Waals surface area contributed by atoms with Crippen LogP contribution in [0.5, 0.6) is 0 Å². The summed E-state index contributed by atoms with van der Waals surface area (Å²) < 4.78 is 5.20. The quantitative estimate of drug-likeness (QED) is 0.641. The Morgan fingerprint density at radius 3 is 2.65 bits per heavy atom. The summed E-state index contributed by atoms with van der Waals surface area (Å²) in [5, 5.41) is 3.34. The fraction of sp³-hybridized carbons (Fsp3) is 0.562. The number of benzene rings is 1. The zero-order valence-corrected chi connectivity index (χ0v) is 12.3. The molecule has 110 valence electrons. The Kier molecular flexibility index (Phi) is 5.87. The SMILES string of the molecule is COCc1ccccc1CN=C(N)NC1CCCCC1. The van der Waals surface area contributed by atoms with Crippen LogP contribution in [0, 0.1) is 0 Å². The normalized spacial score (nSPS) is 17.1. The summed E-state index contributed by atoms with van der Waals surface area (Å²) >= 11 is 0. The Balaban J connectivity index is 1.90. The molecule has 0 spiro atoms. The van der Waals surface area contributed by atoms with Crippen LogP contribution < -0.4 is 11.1 Å². The molecule has 4 nitrogen and oxygen atoms in total. The summed E-state index contributed by atoms with van der Waals surface area (Å²) in [6.45, 7) is 1.22. The summed E-state index contributed by atoms with van der Waals surface area (Å²) in [4.78, 5) is 4.46. The first-order chi connectivity index (χ1) is 9.79. The lowest BCUT2D eigenvalue weighted by Crippen LogP contribution is -2.41. The van der Waals surface area contributed by atoms with Crippen molar-refractivity contribution in [3.05, 3.63) is 35.4 Å². The molecule has 0 bridgehead atoms. The molecule has 1 aromatic carbocycles. The number of ether oxygens (including phenoxy) is 1. The van der Waals surface area contributed by atoms with E-state index in [0.29, 0.717) is 25.2 Å². The molecule has 2 rings (SSSR count). The van der Waals surface area contributed by atoms with Crippen LogP contribution in [0.3, 0.4) is 0 Å². The molecule has 0 aromatic heterocycles. The van der Waals surface area contributed by atoms with Crippen molar-refractivity contribution in [3.8, 4) is 0 Å². The number of aliphatic imine (C=N–C) groups is 1. The Labute approximate surface area is 121 Å². The third-order valence-electron chi connectivity index (χ3n) is 3.80. The van der Waals surface area contributed by atoms with Crippen molar-refractivity contribution in [2.75, 3.05) is 7.11 Å². The average Bonchev–Trinajstić information content (AvgIpc) is 2.48. The van der Waals surface area contributed by atoms with Crippen molar-refractivity contribution in [2.45, 2.75) is 51.3 Å². The zero-order valence-electron chi connectivity index (χ0n) is 12.3. The molecule has 1 fully saturated rings.